The van der Waals surface area contributed by atoms with Gasteiger partial charge in [0.25, 0.3) is 5.29 Å². The predicted octanol–water partition coefficient (Wildman–Crippen LogP) is 3.27. The van der Waals surface area contributed by atoms with Crippen molar-refractivity contribution in [1.29, 1.82) is 0 Å². The Bertz CT molecular complexity index is 448. The second kappa shape index (κ2) is 7.73. The summed E-state index contributed by atoms with van der Waals surface area (Å²) in [6.07, 6.45) is 0.375. The monoisotopic (exact) mass is 322 g/mol. The van der Waals surface area contributed by atoms with Crippen LogP contribution in [0.4, 0.5) is 8.78 Å². The molecule has 0 saturated carbocycles. The Kier molecular flexibility index (Phi) is 6.61. The molecule has 0 saturated heterocycles. The molecule has 0 bridgehead atoms. The SMILES string of the molecule is CCC(OC(F)=C(F)Cl)[Si](OC)(OC)c1ccccc1. The fourth-order valence-corrected chi connectivity index (χ4v) is 5.07. The minimum Gasteiger partial charge on any atom is -0.462 e. The third kappa shape index (κ3) is 3.57. The summed E-state index contributed by atoms with van der Waals surface area (Å²) in [5, 5.41) is -0.758. The molecule has 7 heteroatoms. The zero-order valence-electron chi connectivity index (χ0n) is 11.5. The zero-order chi connectivity index (χ0) is 15.2. The first-order valence-corrected chi connectivity index (χ1v) is 8.32. The van der Waals surface area contributed by atoms with Crippen LogP contribution in [0, 0.1) is 0 Å². The molecule has 1 atom stereocenters. The average molecular weight is 323 g/mol. The van der Waals surface area contributed by atoms with Crippen molar-refractivity contribution in [3.05, 3.63) is 41.6 Å². The van der Waals surface area contributed by atoms with Crippen LogP contribution in [-0.2, 0) is 13.6 Å². The first-order chi connectivity index (χ1) is 9.51. The molecule has 1 aromatic rings. The molecular weight excluding hydrogens is 306 g/mol. The van der Waals surface area contributed by atoms with Gasteiger partial charge in [-0.3, -0.25) is 0 Å². The van der Waals surface area contributed by atoms with E-state index in [0.29, 0.717) is 6.42 Å². The summed E-state index contributed by atoms with van der Waals surface area (Å²) in [4.78, 5) is 0. The molecule has 1 aromatic carbocycles. The Hall–Kier alpha value is -0.953. The fourth-order valence-electron chi connectivity index (χ4n) is 2.04. The number of halogens is 3. The van der Waals surface area contributed by atoms with E-state index >= 15 is 0 Å². The summed E-state index contributed by atoms with van der Waals surface area (Å²) in [5.74, 6) is 0. The largest absolute Gasteiger partial charge is 0.462 e. The van der Waals surface area contributed by atoms with E-state index in [1.807, 2.05) is 30.3 Å². The molecule has 0 aromatic heterocycles. The summed E-state index contributed by atoms with van der Waals surface area (Å²) >= 11 is 4.96. The zero-order valence-corrected chi connectivity index (χ0v) is 13.3. The Balaban J connectivity index is 3.19. The van der Waals surface area contributed by atoms with E-state index in [2.05, 4.69) is 0 Å². The highest BCUT2D eigenvalue weighted by atomic mass is 35.5. The van der Waals surface area contributed by atoms with Gasteiger partial charge < -0.3 is 13.6 Å². The van der Waals surface area contributed by atoms with Crippen molar-refractivity contribution in [2.24, 2.45) is 0 Å². The van der Waals surface area contributed by atoms with Crippen LogP contribution in [0.1, 0.15) is 13.3 Å². The third-order valence-corrected chi connectivity index (χ3v) is 6.85. The van der Waals surface area contributed by atoms with Gasteiger partial charge in [-0.2, -0.15) is 8.78 Å². The topological polar surface area (TPSA) is 27.7 Å². The smallest absolute Gasteiger partial charge is 0.414 e. The number of benzene rings is 1. The quantitative estimate of drug-likeness (QED) is 0.569. The van der Waals surface area contributed by atoms with Crippen LogP contribution in [0.15, 0.2) is 41.6 Å². The van der Waals surface area contributed by atoms with E-state index in [9.17, 15) is 8.78 Å². The van der Waals surface area contributed by atoms with Crippen molar-refractivity contribution < 1.29 is 22.4 Å². The first kappa shape index (κ1) is 17.1. The lowest BCUT2D eigenvalue weighted by molar-refractivity contribution is 0.0685. The van der Waals surface area contributed by atoms with E-state index in [-0.39, 0.29) is 0 Å². The van der Waals surface area contributed by atoms with Crippen LogP contribution in [0.5, 0.6) is 0 Å². The maximum absolute atomic E-state index is 13.3. The van der Waals surface area contributed by atoms with E-state index in [0.717, 1.165) is 5.19 Å². The molecule has 0 N–H and O–H groups in total. The summed E-state index contributed by atoms with van der Waals surface area (Å²) in [6.45, 7) is 1.77. The van der Waals surface area contributed by atoms with Crippen LogP contribution in [0.25, 0.3) is 0 Å². The molecule has 0 heterocycles. The predicted molar refractivity (Wildman–Crippen MR) is 76.1 cm³/mol. The number of hydrogen-bond acceptors (Lipinski definition) is 3. The van der Waals surface area contributed by atoms with Crippen molar-refractivity contribution in [1.82, 2.24) is 0 Å². The normalized spacial score (nSPS) is 14.7. The van der Waals surface area contributed by atoms with Crippen LogP contribution in [-0.4, -0.2) is 28.5 Å². The summed E-state index contributed by atoms with van der Waals surface area (Å²) < 4.78 is 42.1. The number of ether oxygens (including phenoxy) is 1. The van der Waals surface area contributed by atoms with Crippen LogP contribution in [0.3, 0.4) is 0 Å². The molecule has 3 nitrogen and oxygen atoms in total. The minimum absolute atomic E-state index is 0.375. The van der Waals surface area contributed by atoms with Gasteiger partial charge in [-0.15, -0.1) is 0 Å². The van der Waals surface area contributed by atoms with Gasteiger partial charge in [0.2, 0.25) is 0 Å². The van der Waals surface area contributed by atoms with Gasteiger partial charge in [0.15, 0.2) is 0 Å². The second-order valence-corrected chi connectivity index (χ2v) is 7.70. The maximum Gasteiger partial charge on any atom is 0.414 e. The molecule has 112 valence electrons. The Labute approximate surface area is 123 Å². The second-order valence-electron chi connectivity index (χ2n) is 3.99. The molecule has 20 heavy (non-hydrogen) atoms. The van der Waals surface area contributed by atoms with Gasteiger partial charge in [0, 0.05) is 14.2 Å². The highest BCUT2D eigenvalue weighted by Gasteiger charge is 2.48. The van der Waals surface area contributed by atoms with Gasteiger partial charge in [-0.1, -0.05) is 37.3 Å². The summed E-state index contributed by atoms with van der Waals surface area (Å²) in [7, 11) is -0.148. The molecule has 0 aliphatic rings. The molecule has 1 unspecified atom stereocenters. The van der Waals surface area contributed by atoms with Crippen molar-refractivity contribution in [2.75, 3.05) is 14.2 Å². The standard InChI is InChI=1S/C13H17ClF2O3Si/c1-4-11(19-13(16)12(14)15)20(17-2,18-3)10-8-6-5-7-9-10/h5-9,11H,4H2,1-3H3. The van der Waals surface area contributed by atoms with E-state index in [4.69, 9.17) is 25.2 Å². The van der Waals surface area contributed by atoms with Crippen LogP contribution in [0.2, 0.25) is 0 Å². The van der Waals surface area contributed by atoms with Gasteiger partial charge >= 0.3 is 14.6 Å². The molecular formula is C13H17ClF2O3Si. The highest BCUT2D eigenvalue weighted by Crippen LogP contribution is 2.23. The van der Waals surface area contributed by atoms with Gasteiger partial charge in [-0.05, 0) is 23.2 Å². The Morgan fingerprint density at radius 3 is 2.15 bits per heavy atom. The summed E-state index contributed by atoms with van der Waals surface area (Å²) in [5.41, 5.74) is -0.774. The van der Waals surface area contributed by atoms with E-state index in [1.165, 1.54) is 14.2 Å². The van der Waals surface area contributed by atoms with Gasteiger partial charge in [0.1, 0.15) is 5.73 Å². The van der Waals surface area contributed by atoms with Crippen LogP contribution < -0.4 is 5.19 Å². The molecule has 1 rings (SSSR count). The van der Waals surface area contributed by atoms with Crippen molar-refractivity contribution in [3.8, 4) is 0 Å². The lowest BCUT2D eigenvalue weighted by Gasteiger charge is -2.34. The lowest BCUT2D eigenvalue weighted by Crippen LogP contribution is -2.62. The highest BCUT2D eigenvalue weighted by molar-refractivity contribution is 6.82. The molecule has 0 amide bonds. The van der Waals surface area contributed by atoms with Gasteiger partial charge in [-0.25, -0.2) is 0 Å². The molecule has 0 aliphatic carbocycles. The van der Waals surface area contributed by atoms with Crippen molar-refractivity contribution >= 4 is 25.3 Å². The number of hydrogen-bond donors (Lipinski definition) is 0. The van der Waals surface area contributed by atoms with E-state index in [1.54, 1.807) is 6.92 Å². The average Bonchev–Trinajstić information content (AvgIpc) is 2.48. The maximum atomic E-state index is 13.3. The third-order valence-electron chi connectivity index (χ3n) is 2.97. The molecule has 0 radical (unpaired) electrons. The lowest BCUT2D eigenvalue weighted by atomic mass is 10.4. The van der Waals surface area contributed by atoms with E-state index < -0.39 is 25.6 Å². The van der Waals surface area contributed by atoms with Crippen molar-refractivity contribution in [3.63, 3.8) is 0 Å². The van der Waals surface area contributed by atoms with Crippen molar-refractivity contribution in [2.45, 2.75) is 19.1 Å². The minimum atomic E-state index is -3.08. The fraction of sp³-hybridized carbons (Fsp3) is 0.385. The Morgan fingerprint density at radius 1 is 1.20 bits per heavy atom. The molecule has 0 fully saturated rings. The van der Waals surface area contributed by atoms with Crippen LogP contribution >= 0.6 is 11.6 Å². The Morgan fingerprint density at radius 2 is 1.75 bits per heavy atom. The number of rotatable bonds is 7. The molecule has 0 spiro atoms. The van der Waals surface area contributed by atoms with Gasteiger partial charge in [0.05, 0.1) is 0 Å². The summed E-state index contributed by atoms with van der Waals surface area (Å²) in [6, 6.07) is 7.63. The molecule has 0 aliphatic heterocycles. The first-order valence-electron chi connectivity index (χ1n) is 6.05.